The van der Waals surface area contributed by atoms with Gasteiger partial charge in [0.25, 0.3) is 0 Å². The second-order valence-corrected chi connectivity index (χ2v) is 5.00. The van der Waals surface area contributed by atoms with E-state index in [1.807, 2.05) is 0 Å². The maximum atomic E-state index is 13.4. The number of benzene rings is 1. The van der Waals surface area contributed by atoms with Crippen LogP contribution in [0.1, 0.15) is 11.5 Å². The molecule has 0 radical (unpaired) electrons. The first kappa shape index (κ1) is 14.4. The normalized spacial score (nSPS) is 10.9. The van der Waals surface area contributed by atoms with Crippen molar-refractivity contribution in [3.8, 4) is 5.69 Å². The number of rotatable bonds is 3. The molecule has 112 valence electrons. The molecule has 2 N–H and O–H groups in total. The minimum absolute atomic E-state index is 0.258. The van der Waals surface area contributed by atoms with E-state index < -0.39 is 11.6 Å². The van der Waals surface area contributed by atoms with Gasteiger partial charge in [0, 0.05) is 24.5 Å². The van der Waals surface area contributed by atoms with Crippen molar-refractivity contribution in [2.24, 2.45) is 0 Å². The summed E-state index contributed by atoms with van der Waals surface area (Å²) >= 11 is 5.74. The lowest BCUT2D eigenvalue weighted by Gasteiger charge is -2.07. The molecular formula is C14H10ClF2N5. The van der Waals surface area contributed by atoms with Gasteiger partial charge in [-0.2, -0.15) is 5.10 Å². The van der Waals surface area contributed by atoms with Gasteiger partial charge in [-0.25, -0.2) is 23.4 Å². The van der Waals surface area contributed by atoms with Crippen molar-refractivity contribution < 1.29 is 8.78 Å². The lowest BCUT2D eigenvalue weighted by Crippen LogP contribution is -2.06. The zero-order valence-electron chi connectivity index (χ0n) is 11.2. The smallest absolute Gasteiger partial charge is 0.160 e. The number of anilines is 1. The van der Waals surface area contributed by atoms with Gasteiger partial charge in [0.05, 0.1) is 22.8 Å². The third kappa shape index (κ3) is 2.89. The summed E-state index contributed by atoms with van der Waals surface area (Å²) in [5.41, 5.74) is 6.71. The molecule has 0 unspecified atom stereocenters. The average Bonchev–Trinajstić information content (AvgIpc) is 2.85. The van der Waals surface area contributed by atoms with Gasteiger partial charge in [0.15, 0.2) is 11.6 Å². The van der Waals surface area contributed by atoms with Crippen LogP contribution in [0.15, 0.2) is 36.7 Å². The molecule has 0 saturated heterocycles. The van der Waals surface area contributed by atoms with Crippen molar-refractivity contribution in [3.63, 3.8) is 0 Å². The van der Waals surface area contributed by atoms with E-state index >= 15 is 0 Å². The van der Waals surface area contributed by atoms with Gasteiger partial charge < -0.3 is 5.73 Å². The largest absolute Gasteiger partial charge is 0.382 e. The molecular weight excluding hydrogens is 312 g/mol. The van der Waals surface area contributed by atoms with Gasteiger partial charge >= 0.3 is 0 Å². The fraction of sp³-hybridized carbons (Fsp3) is 0.0714. The maximum absolute atomic E-state index is 13.4. The fourth-order valence-electron chi connectivity index (χ4n) is 2.00. The second-order valence-electron chi connectivity index (χ2n) is 4.57. The summed E-state index contributed by atoms with van der Waals surface area (Å²) in [4.78, 5) is 8.18. The highest BCUT2D eigenvalue weighted by Crippen LogP contribution is 2.18. The first-order valence-electron chi connectivity index (χ1n) is 6.29. The van der Waals surface area contributed by atoms with Crippen LogP contribution in [0, 0.1) is 11.6 Å². The number of nitrogens with zero attached hydrogens (tertiary/aromatic N) is 4. The van der Waals surface area contributed by atoms with E-state index in [1.165, 1.54) is 23.1 Å². The summed E-state index contributed by atoms with van der Waals surface area (Å²) in [7, 11) is 0. The highest BCUT2D eigenvalue weighted by molar-refractivity contribution is 6.30. The summed E-state index contributed by atoms with van der Waals surface area (Å²) in [6.45, 7) is 0. The molecule has 0 aliphatic carbocycles. The SMILES string of the molecule is Nc1cc(Cc2ncc(Cl)cn2)n(-c2ccc(F)c(F)c2)n1. The quantitative estimate of drug-likeness (QED) is 0.805. The second kappa shape index (κ2) is 5.69. The number of nitrogens with two attached hydrogens (primary N) is 1. The molecule has 0 spiro atoms. The van der Waals surface area contributed by atoms with Gasteiger partial charge in [-0.05, 0) is 12.1 Å². The zero-order chi connectivity index (χ0) is 15.7. The monoisotopic (exact) mass is 321 g/mol. The van der Waals surface area contributed by atoms with Crippen molar-refractivity contribution in [3.05, 3.63) is 64.8 Å². The lowest BCUT2D eigenvalue weighted by molar-refractivity contribution is 0.507. The number of aromatic nitrogens is 4. The van der Waals surface area contributed by atoms with Crippen molar-refractivity contribution in [2.45, 2.75) is 6.42 Å². The minimum Gasteiger partial charge on any atom is -0.382 e. The Kier molecular flexibility index (Phi) is 3.72. The Morgan fingerprint density at radius 3 is 2.50 bits per heavy atom. The summed E-state index contributed by atoms with van der Waals surface area (Å²) in [6, 6.07) is 5.12. The molecule has 3 rings (SSSR count). The van der Waals surface area contributed by atoms with Crippen LogP contribution < -0.4 is 5.73 Å². The summed E-state index contributed by atoms with van der Waals surface area (Å²) in [5, 5.41) is 4.52. The summed E-state index contributed by atoms with van der Waals surface area (Å²) < 4.78 is 27.9. The lowest BCUT2D eigenvalue weighted by atomic mass is 10.2. The molecule has 0 bridgehead atoms. The van der Waals surface area contributed by atoms with Gasteiger partial charge in [0.2, 0.25) is 0 Å². The Morgan fingerprint density at radius 2 is 1.82 bits per heavy atom. The molecule has 0 aliphatic rings. The Labute approximate surface area is 129 Å². The Morgan fingerprint density at radius 1 is 1.09 bits per heavy atom. The molecule has 0 aliphatic heterocycles. The molecule has 2 heterocycles. The van der Waals surface area contributed by atoms with E-state index in [0.29, 0.717) is 28.6 Å². The van der Waals surface area contributed by atoms with E-state index in [0.717, 1.165) is 12.1 Å². The molecule has 5 nitrogen and oxygen atoms in total. The van der Waals surface area contributed by atoms with Crippen LogP contribution in [0.3, 0.4) is 0 Å². The van der Waals surface area contributed by atoms with Crippen LogP contribution in [0.25, 0.3) is 5.69 Å². The number of hydrogen-bond donors (Lipinski definition) is 1. The van der Waals surface area contributed by atoms with Gasteiger partial charge in [-0.15, -0.1) is 0 Å². The number of hydrogen-bond acceptors (Lipinski definition) is 4. The van der Waals surface area contributed by atoms with Crippen molar-refractivity contribution in [1.82, 2.24) is 19.7 Å². The average molecular weight is 322 g/mol. The Hall–Kier alpha value is -2.54. The first-order valence-corrected chi connectivity index (χ1v) is 6.67. The van der Waals surface area contributed by atoms with Crippen LogP contribution in [0.4, 0.5) is 14.6 Å². The van der Waals surface area contributed by atoms with E-state index in [-0.39, 0.29) is 5.82 Å². The van der Waals surface area contributed by atoms with Crippen LogP contribution in [0.5, 0.6) is 0 Å². The molecule has 3 aromatic rings. The van der Waals surface area contributed by atoms with E-state index in [4.69, 9.17) is 17.3 Å². The zero-order valence-corrected chi connectivity index (χ0v) is 11.9. The van der Waals surface area contributed by atoms with Crippen molar-refractivity contribution in [1.29, 1.82) is 0 Å². The molecule has 8 heteroatoms. The van der Waals surface area contributed by atoms with Gasteiger partial charge in [-0.1, -0.05) is 11.6 Å². The van der Waals surface area contributed by atoms with Crippen LogP contribution in [0.2, 0.25) is 5.02 Å². The molecule has 1 aromatic carbocycles. The Bertz CT molecular complexity index is 817. The van der Waals surface area contributed by atoms with Crippen LogP contribution in [-0.4, -0.2) is 19.7 Å². The predicted octanol–water partition coefficient (Wildman–Crippen LogP) is 2.77. The first-order chi connectivity index (χ1) is 10.5. The maximum Gasteiger partial charge on any atom is 0.160 e. The minimum atomic E-state index is -0.958. The van der Waals surface area contributed by atoms with Crippen molar-refractivity contribution >= 4 is 17.4 Å². The van der Waals surface area contributed by atoms with E-state index in [9.17, 15) is 8.78 Å². The van der Waals surface area contributed by atoms with Gasteiger partial charge in [-0.3, -0.25) is 0 Å². The third-order valence-corrected chi connectivity index (χ3v) is 3.16. The standard InChI is InChI=1S/C14H10ClF2N5/c15-8-6-19-14(20-7-8)5-10-4-13(18)21-22(10)9-1-2-11(16)12(17)3-9/h1-4,6-7H,5H2,(H2,18,21). The van der Waals surface area contributed by atoms with Crippen LogP contribution >= 0.6 is 11.6 Å². The van der Waals surface area contributed by atoms with Crippen molar-refractivity contribution in [2.75, 3.05) is 5.73 Å². The molecule has 0 saturated carbocycles. The Balaban J connectivity index is 1.98. The summed E-state index contributed by atoms with van der Waals surface area (Å²) in [5.74, 6) is -1.12. The molecule has 0 fully saturated rings. The fourth-order valence-corrected chi connectivity index (χ4v) is 2.10. The molecule has 22 heavy (non-hydrogen) atoms. The topological polar surface area (TPSA) is 69.6 Å². The highest BCUT2D eigenvalue weighted by atomic mass is 35.5. The van der Waals surface area contributed by atoms with E-state index in [2.05, 4.69) is 15.1 Å². The predicted molar refractivity (Wildman–Crippen MR) is 77.7 cm³/mol. The molecule has 2 aromatic heterocycles. The molecule has 0 amide bonds. The van der Waals surface area contributed by atoms with E-state index in [1.54, 1.807) is 6.07 Å². The number of halogens is 3. The number of nitrogen functional groups attached to an aromatic ring is 1. The third-order valence-electron chi connectivity index (χ3n) is 2.96. The highest BCUT2D eigenvalue weighted by Gasteiger charge is 2.12. The summed E-state index contributed by atoms with van der Waals surface area (Å²) in [6.07, 6.45) is 3.28. The van der Waals surface area contributed by atoms with Gasteiger partial charge in [0.1, 0.15) is 11.6 Å². The van der Waals surface area contributed by atoms with Crippen LogP contribution in [-0.2, 0) is 6.42 Å². The molecule has 0 atom stereocenters.